The maximum atomic E-state index is 6.15. The molecule has 1 radical (unpaired) electrons. The molecule has 99 valence electrons. The SMILES string of the molecule is [c]1ccc2c(c1)OC(C1=C3OC=CC=C3CC=C1)CC2. The van der Waals surface area contributed by atoms with Crippen molar-refractivity contribution < 1.29 is 9.47 Å². The number of fused-ring (bicyclic) bond motifs is 2. The number of hydrogen-bond donors (Lipinski definition) is 0. The second-order valence-corrected chi connectivity index (χ2v) is 5.21. The molecule has 0 saturated carbocycles. The smallest absolute Gasteiger partial charge is 0.136 e. The highest BCUT2D eigenvalue weighted by molar-refractivity contribution is 5.48. The van der Waals surface area contributed by atoms with E-state index in [0.29, 0.717) is 0 Å². The zero-order chi connectivity index (χ0) is 13.4. The normalized spacial score (nSPS) is 23.4. The summed E-state index contributed by atoms with van der Waals surface area (Å²) in [6.45, 7) is 0. The molecule has 2 heteroatoms. The molecule has 0 fully saturated rings. The molecule has 1 atom stereocenters. The second kappa shape index (κ2) is 4.71. The summed E-state index contributed by atoms with van der Waals surface area (Å²) < 4.78 is 11.9. The highest BCUT2D eigenvalue weighted by Crippen LogP contribution is 2.36. The monoisotopic (exact) mass is 263 g/mol. The Morgan fingerprint density at radius 1 is 1.30 bits per heavy atom. The van der Waals surface area contributed by atoms with Crippen LogP contribution in [0.1, 0.15) is 18.4 Å². The molecule has 0 spiro atoms. The maximum Gasteiger partial charge on any atom is 0.136 e. The average molecular weight is 263 g/mol. The first-order valence-electron chi connectivity index (χ1n) is 7.01. The van der Waals surface area contributed by atoms with Crippen molar-refractivity contribution in [2.24, 2.45) is 0 Å². The highest BCUT2D eigenvalue weighted by atomic mass is 16.5. The van der Waals surface area contributed by atoms with Gasteiger partial charge in [0.2, 0.25) is 0 Å². The zero-order valence-electron chi connectivity index (χ0n) is 11.1. The van der Waals surface area contributed by atoms with Crippen LogP contribution < -0.4 is 4.74 Å². The van der Waals surface area contributed by atoms with Crippen molar-refractivity contribution in [3.63, 3.8) is 0 Å². The molecule has 1 unspecified atom stereocenters. The third kappa shape index (κ3) is 1.88. The Morgan fingerprint density at radius 2 is 2.30 bits per heavy atom. The van der Waals surface area contributed by atoms with Crippen LogP contribution in [0.2, 0.25) is 0 Å². The van der Waals surface area contributed by atoms with Gasteiger partial charge in [-0.05, 0) is 48.6 Å². The first-order chi connectivity index (χ1) is 9.92. The number of rotatable bonds is 1. The molecular formula is C18H15O2. The van der Waals surface area contributed by atoms with Gasteiger partial charge in [0.15, 0.2) is 0 Å². The van der Waals surface area contributed by atoms with E-state index in [9.17, 15) is 0 Å². The third-order valence-corrected chi connectivity index (χ3v) is 3.95. The first kappa shape index (κ1) is 11.6. The molecule has 2 aliphatic heterocycles. The summed E-state index contributed by atoms with van der Waals surface area (Å²) in [5.74, 6) is 1.93. The topological polar surface area (TPSA) is 18.5 Å². The van der Waals surface area contributed by atoms with Crippen molar-refractivity contribution in [2.75, 3.05) is 0 Å². The number of ether oxygens (including phenoxy) is 2. The largest absolute Gasteiger partial charge is 0.485 e. The lowest BCUT2D eigenvalue weighted by Gasteiger charge is -2.30. The van der Waals surface area contributed by atoms with Crippen LogP contribution in [-0.4, -0.2) is 6.10 Å². The molecule has 0 saturated heterocycles. The highest BCUT2D eigenvalue weighted by Gasteiger charge is 2.27. The fourth-order valence-electron chi connectivity index (χ4n) is 2.95. The predicted octanol–water partition coefficient (Wildman–Crippen LogP) is 3.86. The van der Waals surface area contributed by atoms with E-state index in [1.807, 2.05) is 18.2 Å². The molecule has 0 N–H and O–H groups in total. The van der Waals surface area contributed by atoms with Gasteiger partial charge in [-0.2, -0.15) is 0 Å². The lowest BCUT2D eigenvalue weighted by molar-refractivity contribution is 0.202. The van der Waals surface area contributed by atoms with E-state index in [-0.39, 0.29) is 6.10 Å². The number of benzene rings is 1. The van der Waals surface area contributed by atoms with Gasteiger partial charge in [-0.15, -0.1) is 0 Å². The van der Waals surface area contributed by atoms with Crippen LogP contribution in [0.5, 0.6) is 5.75 Å². The van der Waals surface area contributed by atoms with Gasteiger partial charge >= 0.3 is 0 Å². The van der Waals surface area contributed by atoms with Crippen LogP contribution in [-0.2, 0) is 11.2 Å². The van der Waals surface area contributed by atoms with E-state index >= 15 is 0 Å². The third-order valence-electron chi connectivity index (χ3n) is 3.95. The number of hydrogen-bond acceptors (Lipinski definition) is 2. The van der Waals surface area contributed by atoms with E-state index < -0.39 is 0 Å². The van der Waals surface area contributed by atoms with E-state index in [0.717, 1.165) is 36.3 Å². The van der Waals surface area contributed by atoms with Gasteiger partial charge in [0.05, 0.1) is 6.26 Å². The summed E-state index contributed by atoms with van der Waals surface area (Å²) >= 11 is 0. The van der Waals surface area contributed by atoms with Crippen LogP contribution in [0.4, 0.5) is 0 Å². The van der Waals surface area contributed by atoms with Gasteiger partial charge in [0.1, 0.15) is 17.6 Å². The molecule has 1 aromatic carbocycles. The molecule has 2 heterocycles. The summed E-state index contributed by atoms with van der Waals surface area (Å²) in [5, 5.41) is 0. The molecule has 3 aliphatic rings. The van der Waals surface area contributed by atoms with Crippen LogP contribution in [0.15, 0.2) is 65.7 Å². The molecular weight excluding hydrogens is 248 g/mol. The molecule has 0 amide bonds. The summed E-state index contributed by atoms with van der Waals surface area (Å²) in [7, 11) is 0. The fraction of sp³-hybridized carbons (Fsp3) is 0.222. The van der Waals surface area contributed by atoms with E-state index in [2.05, 4.69) is 30.4 Å². The molecule has 0 aromatic heterocycles. The van der Waals surface area contributed by atoms with E-state index in [1.54, 1.807) is 6.26 Å². The average Bonchev–Trinajstić information content (AvgIpc) is 2.54. The Labute approximate surface area is 118 Å². The Kier molecular flexibility index (Phi) is 2.73. The van der Waals surface area contributed by atoms with Crippen molar-refractivity contribution in [3.05, 3.63) is 77.3 Å². The fourth-order valence-corrected chi connectivity index (χ4v) is 2.95. The molecule has 1 aliphatic carbocycles. The quantitative estimate of drug-likeness (QED) is 0.766. The Balaban J connectivity index is 1.69. The first-order valence-corrected chi connectivity index (χ1v) is 7.01. The van der Waals surface area contributed by atoms with E-state index in [1.165, 1.54) is 11.1 Å². The van der Waals surface area contributed by atoms with Crippen molar-refractivity contribution in [3.8, 4) is 5.75 Å². The lowest BCUT2D eigenvalue weighted by atomic mass is 9.90. The van der Waals surface area contributed by atoms with Gasteiger partial charge in [0, 0.05) is 5.57 Å². The van der Waals surface area contributed by atoms with Crippen LogP contribution in [0.25, 0.3) is 0 Å². The Hall–Kier alpha value is -2.22. The minimum atomic E-state index is 0.0692. The van der Waals surface area contributed by atoms with Crippen molar-refractivity contribution >= 4 is 0 Å². The van der Waals surface area contributed by atoms with Crippen molar-refractivity contribution in [2.45, 2.75) is 25.4 Å². The van der Waals surface area contributed by atoms with Crippen LogP contribution in [0, 0.1) is 6.07 Å². The minimum absolute atomic E-state index is 0.0692. The van der Waals surface area contributed by atoms with Gasteiger partial charge in [-0.25, -0.2) is 0 Å². The Morgan fingerprint density at radius 3 is 3.30 bits per heavy atom. The second-order valence-electron chi connectivity index (χ2n) is 5.21. The summed E-state index contributed by atoms with van der Waals surface area (Å²) in [6.07, 6.45) is 13.2. The summed E-state index contributed by atoms with van der Waals surface area (Å²) in [4.78, 5) is 0. The molecule has 0 bridgehead atoms. The maximum absolute atomic E-state index is 6.15. The van der Waals surface area contributed by atoms with Gasteiger partial charge in [-0.3, -0.25) is 0 Å². The van der Waals surface area contributed by atoms with Gasteiger partial charge < -0.3 is 9.47 Å². The standard InChI is InChI=1S/C18H15O2/c1-2-9-16-13(5-1)10-11-17(20-16)15-8-3-6-14-7-4-12-19-18(14)15/h1,3-5,7-9,12,17H,6,10-11H2. The molecule has 4 rings (SSSR count). The summed E-state index contributed by atoms with van der Waals surface area (Å²) in [6, 6.07) is 9.05. The minimum Gasteiger partial charge on any atom is -0.485 e. The zero-order valence-corrected chi connectivity index (χ0v) is 11.1. The van der Waals surface area contributed by atoms with Crippen LogP contribution in [0.3, 0.4) is 0 Å². The van der Waals surface area contributed by atoms with E-state index in [4.69, 9.17) is 9.47 Å². The Bertz CT molecular complexity index is 662. The number of allylic oxidation sites excluding steroid dienone is 4. The number of aryl methyl sites for hydroxylation is 1. The molecule has 1 aromatic rings. The van der Waals surface area contributed by atoms with Crippen molar-refractivity contribution in [1.29, 1.82) is 0 Å². The van der Waals surface area contributed by atoms with Gasteiger partial charge in [0.25, 0.3) is 0 Å². The molecule has 2 nitrogen and oxygen atoms in total. The van der Waals surface area contributed by atoms with Crippen molar-refractivity contribution in [1.82, 2.24) is 0 Å². The van der Waals surface area contributed by atoms with Gasteiger partial charge in [-0.1, -0.05) is 30.4 Å². The van der Waals surface area contributed by atoms with Crippen LogP contribution >= 0.6 is 0 Å². The lowest BCUT2D eigenvalue weighted by Crippen LogP contribution is -2.26. The summed E-state index contributed by atoms with van der Waals surface area (Å²) in [5.41, 5.74) is 3.66. The molecule has 20 heavy (non-hydrogen) atoms. The predicted molar refractivity (Wildman–Crippen MR) is 77.1 cm³/mol.